The number of hydrogen-bond acceptors (Lipinski definition) is 1. The minimum Gasteiger partial charge on any atom is -0.378 e. The Morgan fingerprint density at radius 2 is 0.867 bits per heavy atom. The molecule has 75 heavy (non-hydrogen) atoms. The van der Waals surface area contributed by atoms with Gasteiger partial charge in [0.1, 0.15) is 17.5 Å². The third kappa shape index (κ3) is 14.5. The van der Waals surface area contributed by atoms with Crippen LogP contribution >= 0.6 is 0 Å². The van der Waals surface area contributed by atoms with Gasteiger partial charge in [0.2, 0.25) is 0 Å². The first kappa shape index (κ1) is 61.7. The normalized spacial score (nSPS) is 23.2. The van der Waals surface area contributed by atoms with E-state index >= 15 is 0 Å². The van der Waals surface area contributed by atoms with Crippen molar-refractivity contribution in [2.45, 2.75) is 219 Å². The minimum absolute atomic E-state index is 0. The topological polar surface area (TPSA) is 9.23 Å². The quantitative estimate of drug-likeness (QED) is 0.175. The van der Waals surface area contributed by atoms with Gasteiger partial charge in [0.15, 0.2) is 0 Å². The molecule has 4 heteroatoms. The summed E-state index contributed by atoms with van der Waals surface area (Å²) in [5.74, 6) is 3.68. The van der Waals surface area contributed by atoms with E-state index in [0.717, 1.165) is 61.5 Å². The number of benzene rings is 5. The zero-order valence-corrected chi connectivity index (χ0v) is 49.3. The van der Waals surface area contributed by atoms with Crippen LogP contribution < -0.4 is 0 Å². The molecule has 0 saturated carbocycles. The second kappa shape index (κ2) is 24.7. The van der Waals surface area contributed by atoms with E-state index in [2.05, 4.69) is 203 Å². The third-order valence-corrected chi connectivity index (χ3v) is 17.3. The van der Waals surface area contributed by atoms with Crippen molar-refractivity contribution >= 4 is 0 Å². The molecule has 0 N–H and O–H groups in total. The van der Waals surface area contributed by atoms with Crippen LogP contribution in [0, 0.1) is 56.4 Å². The molecule has 5 aliphatic carbocycles. The molecule has 5 aliphatic rings. The number of aryl methyl sites for hydroxylation is 1. The summed E-state index contributed by atoms with van der Waals surface area (Å²) >= 11 is 0. The van der Waals surface area contributed by atoms with Crippen molar-refractivity contribution in [3.05, 3.63) is 176 Å². The van der Waals surface area contributed by atoms with Crippen molar-refractivity contribution in [1.29, 1.82) is 0 Å². The van der Waals surface area contributed by atoms with Crippen LogP contribution in [-0.2, 0) is 36.8 Å². The molecule has 8 atom stereocenters. The van der Waals surface area contributed by atoms with Crippen LogP contribution in [0.5, 0.6) is 0 Å². The zero-order chi connectivity index (χ0) is 54.7. The van der Waals surface area contributed by atoms with E-state index in [1.807, 2.05) is 6.07 Å². The summed E-state index contributed by atoms with van der Waals surface area (Å²) in [5.41, 5.74) is 13.9. The Morgan fingerprint density at radius 3 is 1.37 bits per heavy atom. The minimum atomic E-state index is -0.252. The molecule has 0 radical (unpaired) electrons. The lowest BCUT2D eigenvalue weighted by Crippen LogP contribution is -2.29. The van der Waals surface area contributed by atoms with Crippen LogP contribution in [-0.4, -0.2) is 12.7 Å². The summed E-state index contributed by atoms with van der Waals surface area (Å²) in [6, 6.07) is 34.7. The molecule has 1 nitrogen and oxygen atoms in total. The average molecular weight is 1030 g/mol. The van der Waals surface area contributed by atoms with E-state index in [0.29, 0.717) is 46.3 Å². The zero-order valence-electron chi connectivity index (χ0n) is 49.3. The molecule has 0 saturated heterocycles. The molecule has 0 bridgehead atoms. The Labute approximate surface area is 456 Å². The number of rotatable bonds is 3. The predicted molar refractivity (Wildman–Crippen MR) is 316 cm³/mol. The molecule has 0 fully saturated rings. The van der Waals surface area contributed by atoms with Crippen LogP contribution in [0.25, 0.3) is 0 Å². The van der Waals surface area contributed by atoms with E-state index in [4.69, 9.17) is 4.74 Å². The highest BCUT2D eigenvalue weighted by molar-refractivity contribution is 5.42. The van der Waals surface area contributed by atoms with Gasteiger partial charge in [-0.3, -0.25) is 0 Å². The molecule has 5 aromatic carbocycles. The van der Waals surface area contributed by atoms with E-state index in [1.54, 1.807) is 28.3 Å². The van der Waals surface area contributed by atoms with Crippen LogP contribution in [0.15, 0.2) is 103 Å². The van der Waals surface area contributed by atoms with E-state index in [-0.39, 0.29) is 47.0 Å². The maximum Gasteiger partial charge on any atom is 0.127 e. The monoisotopic (exact) mass is 1030 g/mol. The van der Waals surface area contributed by atoms with E-state index < -0.39 is 0 Å². The first-order valence-corrected chi connectivity index (χ1v) is 28.6. The largest absolute Gasteiger partial charge is 0.378 e. The van der Waals surface area contributed by atoms with Gasteiger partial charge >= 0.3 is 0 Å². The van der Waals surface area contributed by atoms with Crippen LogP contribution in [0.1, 0.15) is 237 Å². The Balaban J connectivity index is 0.000000173. The average Bonchev–Trinajstić information content (AvgIpc) is 4.14. The van der Waals surface area contributed by atoms with Crippen molar-refractivity contribution in [2.75, 3.05) is 6.61 Å². The van der Waals surface area contributed by atoms with Crippen molar-refractivity contribution in [1.82, 2.24) is 0 Å². The van der Waals surface area contributed by atoms with E-state index in [1.165, 1.54) is 48.1 Å². The highest BCUT2D eigenvalue weighted by atomic mass is 19.1. The second-order valence-corrected chi connectivity index (χ2v) is 28.0. The Bertz CT molecular complexity index is 2620. The molecule has 8 unspecified atom stereocenters. The van der Waals surface area contributed by atoms with Gasteiger partial charge in [-0.1, -0.05) is 216 Å². The first-order valence-electron chi connectivity index (χ1n) is 28.6. The summed E-state index contributed by atoms with van der Waals surface area (Å²) in [4.78, 5) is 0. The standard InChI is InChI=1S/C15H22O.C15H22.C14H20.C13H16F2.C13H17F.CH4/c1-5-16-13-10-11-8-6-7-9-12(11)14(13)15(2,3)4;1-5-11-10-12-8-6-7-9-13(12)14(11)15(2,3)4;1-10-9-11-7-5-6-8-12(11)13(10)14(2,3)4;1-13(2,3)9-5-4-8-10(14)6-7-11(15)12(8)9;1-13(2,3)10-8-7-9-5-4-6-11(14)12(9)10;/h6-9,13-14H,5,10H2,1-4H3;6-9,11,14H,5,10H2,1-4H3;5-8,10,13H,9H2,1-4H3;6-7,9H,4-5H2,1-3H3;4-6,10H,7-8H2,1-3H3;1H4. The summed E-state index contributed by atoms with van der Waals surface area (Å²) in [6.45, 7) is 41.6. The molecule has 10 rings (SSSR count). The summed E-state index contributed by atoms with van der Waals surface area (Å²) < 4.78 is 46.7. The van der Waals surface area contributed by atoms with Gasteiger partial charge in [0, 0.05) is 12.5 Å². The van der Waals surface area contributed by atoms with Crippen molar-refractivity contribution in [2.24, 2.45) is 38.9 Å². The van der Waals surface area contributed by atoms with Crippen molar-refractivity contribution in [3.8, 4) is 0 Å². The van der Waals surface area contributed by atoms with Crippen molar-refractivity contribution < 1.29 is 17.9 Å². The third-order valence-electron chi connectivity index (χ3n) is 17.3. The molecule has 0 aliphatic heterocycles. The lowest BCUT2D eigenvalue weighted by molar-refractivity contribution is 0.0235. The number of ether oxygens (including phenoxy) is 1. The fourth-order valence-electron chi connectivity index (χ4n) is 14.3. The van der Waals surface area contributed by atoms with Crippen LogP contribution in [0.3, 0.4) is 0 Å². The number of halogens is 3. The molecule has 412 valence electrons. The molecular formula is C71H101F3O. The number of hydrogen-bond donors (Lipinski definition) is 0. The Hall–Kier alpha value is -4.15. The SMILES string of the molecule is C.CC(C)(C)C1CCc2c(F)ccc(F)c21.CC(C)(C)C1CCc2cccc(F)c21.CC1Cc2ccccc2C1C(C)(C)C.CCC1Cc2ccccc2C1C(C)(C)C.CCOC1Cc2ccccc2C1C(C)(C)C. The highest BCUT2D eigenvalue weighted by Gasteiger charge is 2.42. The maximum absolute atomic E-state index is 13.7. The fraction of sp³-hybridized carbons (Fsp3) is 0.577. The van der Waals surface area contributed by atoms with Gasteiger partial charge < -0.3 is 4.74 Å². The smallest absolute Gasteiger partial charge is 0.127 e. The molecule has 0 spiro atoms. The highest BCUT2D eigenvalue weighted by Crippen LogP contribution is 2.52. The second-order valence-electron chi connectivity index (χ2n) is 28.0. The molecule has 0 aromatic heterocycles. The Kier molecular flexibility index (Phi) is 20.3. The van der Waals surface area contributed by atoms with Crippen LogP contribution in [0.4, 0.5) is 13.2 Å². The van der Waals surface area contributed by atoms with Gasteiger partial charge in [-0.05, 0) is 188 Å². The van der Waals surface area contributed by atoms with Gasteiger partial charge in [0.05, 0.1) is 6.10 Å². The number of fused-ring (bicyclic) bond motifs is 5. The molecule has 5 aromatic rings. The fourth-order valence-corrected chi connectivity index (χ4v) is 14.3. The van der Waals surface area contributed by atoms with Gasteiger partial charge in [-0.25, -0.2) is 13.2 Å². The summed E-state index contributed by atoms with van der Waals surface area (Å²) in [6.07, 6.45) is 8.95. The summed E-state index contributed by atoms with van der Waals surface area (Å²) in [5, 5.41) is 0. The van der Waals surface area contributed by atoms with Crippen molar-refractivity contribution in [3.63, 3.8) is 0 Å². The van der Waals surface area contributed by atoms with E-state index in [9.17, 15) is 13.2 Å². The first-order chi connectivity index (χ1) is 34.5. The molecular weight excluding hydrogens is 926 g/mol. The van der Waals surface area contributed by atoms with Crippen LogP contribution in [0.2, 0.25) is 0 Å². The predicted octanol–water partition coefficient (Wildman–Crippen LogP) is 20.8. The lowest BCUT2D eigenvalue weighted by Gasteiger charge is -2.32. The van der Waals surface area contributed by atoms with Gasteiger partial charge in [-0.2, -0.15) is 0 Å². The Morgan fingerprint density at radius 1 is 0.440 bits per heavy atom. The molecule has 0 amide bonds. The lowest BCUT2D eigenvalue weighted by atomic mass is 9.72. The summed E-state index contributed by atoms with van der Waals surface area (Å²) in [7, 11) is 0. The maximum atomic E-state index is 13.7. The molecule has 0 heterocycles. The van der Waals surface area contributed by atoms with Gasteiger partial charge in [-0.15, -0.1) is 0 Å². The van der Waals surface area contributed by atoms with Gasteiger partial charge in [0.25, 0.3) is 0 Å².